The molecule has 5 heteroatoms. The van der Waals surface area contributed by atoms with Crippen LogP contribution in [0.25, 0.3) is 0 Å². The number of anilines is 2. The summed E-state index contributed by atoms with van der Waals surface area (Å²) in [6.45, 7) is 4.01. The first-order valence-electron chi connectivity index (χ1n) is 5.85. The van der Waals surface area contributed by atoms with Gasteiger partial charge in [0.1, 0.15) is 6.54 Å². The lowest BCUT2D eigenvalue weighted by Crippen LogP contribution is -2.46. The Balaban J connectivity index is 2.34. The summed E-state index contributed by atoms with van der Waals surface area (Å²) in [5, 5.41) is 2.76. The average Bonchev–Trinajstić information content (AvgIpc) is 2.35. The molecule has 1 N–H and O–H groups in total. The average molecular weight is 311 g/mol. The number of fused-ring (bicyclic) bond motifs is 1. The highest BCUT2D eigenvalue weighted by Crippen LogP contribution is 2.30. The van der Waals surface area contributed by atoms with Crippen molar-refractivity contribution in [2.75, 3.05) is 16.8 Å². The maximum atomic E-state index is 12.3. The number of nitrogens with one attached hydrogen (secondary N) is 1. The SMILES string of the molecule is CC(C)[C@@H](Br)C(=O)N1CC(=O)Nc2ccccc21. The van der Waals surface area contributed by atoms with Crippen LogP contribution in [0.15, 0.2) is 24.3 Å². The number of carbonyl (C=O) groups is 2. The molecule has 1 heterocycles. The van der Waals surface area contributed by atoms with E-state index in [1.165, 1.54) is 4.90 Å². The number of halogens is 1. The fourth-order valence-electron chi connectivity index (χ4n) is 1.86. The molecule has 1 aliphatic rings. The molecular formula is C13H15BrN2O2. The van der Waals surface area contributed by atoms with Crippen molar-refractivity contribution >= 4 is 39.1 Å². The van der Waals surface area contributed by atoms with E-state index in [1.54, 1.807) is 6.07 Å². The van der Waals surface area contributed by atoms with E-state index in [0.717, 1.165) is 5.69 Å². The largest absolute Gasteiger partial charge is 0.323 e. The van der Waals surface area contributed by atoms with E-state index in [0.29, 0.717) is 5.69 Å². The Morgan fingerprint density at radius 1 is 1.39 bits per heavy atom. The van der Waals surface area contributed by atoms with Gasteiger partial charge in [-0.05, 0) is 18.1 Å². The van der Waals surface area contributed by atoms with Crippen molar-refractivity contribution in [1.29, 1.82) is 0 Å². The van der Waals surface area contributed by atoms with Gasteiger partial charge in [0.15, 0.2) is 0 Å². The fourth-order valence-corrected chi connectivity index (χ4v) is 2.11. The van der Waals surface area contributed by atoms with Crippen LogP contribution in [0, 0.1) is 5.92 Å². The summed E-state index contributed by atoms with van der Waals surface area (Å²) in [6, 6.07) is 7.33. The van der Waals surface area contributed by atoms with Crippen LogP contribution in [-0.2, 0) is 9.59 Å². The van der Waals surface area contributed by atoms with E-state index in [-0.39, 0.29) is 29.1 Å². The molecule has 96 valence electrons. The van der Waals surface area contributed by atoms with E-state index in [2.05, 4.69) is 21.2 Å². The summed E-state index contributed by atoms with van der Waals surface area (Å²) in [7, 11) is 0. The second-order valence-electron chi connectivity index (χ2n) is 4.64. The van der Waals surface area contributed by atoms with Gasteiger partial charge in [-0.25, -0.2) is 0 Å². The second kappa shape index (κ2) is 5.10. The summed E-state index contributed by atoms with van der Waals surface area (Å²) < 4.78 is 0. The van der Waals surface area contributed by atoms with Gasteiger partial charge in [-0.2, -0.15) is 0 Å². The van der Waals surface area contributed by atoms with Gasteiger partial charge >= 0.3 is 0 Å². The molecule has 1 aromatic rings. The third-order valence-electron chi connectivity index (χ3n) is 2.86. The van der Waals surface area contributed by atoms with E-state index in [1.807, 2.05) is 32.0 Å². The van der Waals surface area contributed by atoms with Crippen LogP contribution >= 0.6 is 15.9 Å². The highest BCUT2D eigenvalue weighted by molar-refractivity contribution is 9.10. The lowest BCUT2D eigenvalue weighted by Gasteiger charge is -2.31. The van der Waals surface area contributed by atoms with Gasteiger partial charge < -0.3 is 5.32 Å². The first kappa shape index (κ1) is 13.1. The molecule has 0 bridgehead atoms. The normalized spacial score (nSPS) is 16.2. The number of para-hydroxylation sites is 2. The number of carbonyl (C=O) groups excluding carboxylic acids is 2. The Kier molecular flexibility index (Phi) is 3.71. The molecule has 18 heavy (non-hydrogen) atoms. The summed E-state index contributed by atoms with van der Waals surface area (Å²) >= 11 is 3.39. The van der Waals surface area contributed by atoms with E-state index >= 15 is 0 Å². The van der Waals surface area contributed by atoms with Crippen molar-refractivity contribution in [3.63, 3.8) is 0 Å². The van der Waals surface area contributed by atoms with Crippen molar-refractivity contribution in [3.05, 3.63) is 24.3 Å². The third-order valence-corrected chi connectivity index (χ3v) is 4.31. The molecule has 0 aliphatic carbocycles. The van der Waals surface area contributed by atoms with Crippen molar-refractivity contribution in [2.24, 2.45) is 5.92 Å². The molecule has 0 unspecified atom stereocenters. The Morgan fingerprint density at radius 2 is 2.06 bits per heavy atom. The van der Waals surface area contributed by atoms with E-state index < -0.39 is 0 Å². The highest BCUT2D eigenvalue weighted by Gasteiger charge is 2.31. The van der Waals surface area contributed by atoms with Crippen molar-refractivity contribution in [1.82, 2.24) is 0 Å². The zero-order valence-electron chi connectivity index (χ0n) is 10.3. The maximum Gasteiger partial charge on any atom is 0.244 e. The minimum absolute atomic E-state index is 0.0741. The first-order chi connectivity index (χ1) is 8.50. The summed E-state index contributed by atoms with van der Waals surface area (Å²) in [5.74, 6) is -0.0625. The predicted molar refractivity (Wildman–Crippen MR) is 75.0 cm³/mol. The van der Waals surface area contributed by atoms with Gasteiger partial charge in [-0.3, -0.25) is 14.5 Å². The van der Waals surface area contributed by atoms with Crippen LogP contribution in [0.2, 0.25) is 0 Å². The molecule has 2 rings (SSSR count). The molecule has 1 aliphatic heterocycles. The molecule has 0 aromatic heterocycles. The standard InChI is InChI=1S/C13H15BrN2O2/c1-8(2)12(14)13(18)16-7-11(17)15-9-5-3-4-6-10(9)16/h3-6,8,12H,7H2,1-2H3,(H,15,17)/t12-/m1/s1. The Bertz CT molecular complexity index is 488. The number of benzene rings is 1. The molecule has 2 amide bonds. The number of rotatable bonds is 2. The Labute approximate surface area is 114 Å². The monoisotopic (exact) mass is 310 g/mol. The van der Waals surface area contributed by atoms with Crippen molar-refractivity contribution in [2.45, 2.75) is 18.7 Å². The summed E-state index contributed by atoms with van der Waals surface area (Å²) in [6.07, 6.45) is 0. The van der Waals surface area contributed by atoms with Crippen LogP contribution in [-0.4, -0.2) is 23.2 Å². The zero-order chi connectivity index (χ0) is 13.3. The number of amides is 2. The minimum atomic E-state index is -0.281. The van der Waals surface area contributed by atoms with Gasteiger partial charge in [-0.1, -0.05) is 41.9 Å². The van der Waals surface area contributed by atoms with Gasteiger partial charge in [-0.15, -0.1) is 0 Å². The highest BCUT2D eigenvalue weighted by atomic mass is 79.9. The topological polar surface area (TPSA) is 49.4 Å². The first-order valence-corrected chi connectivity index (χ1v) is 6.76. The smallest absolute Gasteiger partial charge is 0.244 e. The number of hydrogen-bond donors (Lipinski definition) is 1. The molecule has 0 saturated carbocycles. The quantitative estimate of drug-likeness (QED) is 0.853. The van der Waals surface area contributed by atoms with Crippen LogP contribution in [0.5, 0.6) is 0 Å². The van der Waals surface area contributed by atoms with Crippen molar-refractivity contribution in [3.8, 4) is 0 Å². The fraction of sp³-hybridized carbons (Fsp3) is 0.385. The molecule has 0 fully saturated rings. The van der Waals surface area contributed by atoms with Gasteiger partial charge in [0.25, 0.3) is 0 Å². The maximum absolute atomic E-state index is 12.3. The molecule has 1 aromatic carbocycles. The number of hydrogen-bond acceptors (Lipinski definition) is 2. The van der Waals surface area contributed by atoms with Crippen LogP contribution in [0.4, 0.5) is 11.4 Å². The zero-order valence-corrected chi connectivity index (χ0v) is 11.9. The molecule has 1 atom stereocenters. The van der Waals surface area contributed by atoms with Gasteiger partial charge in [0.05, 0.1) is 16.2 Å². The molecule has 0 spiro atoms. The minimum Gasteiger partial charge on any atom is -0.323 e. The van der Waals surface area contributed by atoms with Crippen molar-refractivity contribution < 1.29 is 9.59 Å². The molecule has 0 radical (unpaired) electrons. The van der Waals surface area contributed by atoms with Crippen LogP contribution in [0.1, 0.15) is 13.8 Å². The lowest BCUT2D eigenvalue weighted by atomic mass is 10.1. The van der Waals surface area contributed by atoms with E-state index in [4.69, 9.17) is 0 Å². The van der Waals surface area contributed by atoms with Crippen LogP contribution < -0.4 is 10.2 Å². The number of alkyl halides is 1. The van der Waals surface area contributed by atoms with Crippen LogP contribution in [0.3, 0.4) is 0 Å². The van der Waals surface area contributed by atoms with E-state index in [9.17, 15) is 9.59 Å². The third kappa shape index (κ3) is 2.41. The second-order valence-corrected chi connectivity index (χ2v) is 5.62. The molecule has 4 nitrogen and oxygen atoms in total. The molecule has 0 saturated heterocycles. The lowest BCUT2D eigenvalue weighted by molar-refractivity contribution is -0.121. The van der Waals surface area contributed by atoms with Gasteiger partial charge in [0.2, 0.25) is 11.8 Å². The number of nitrogens with zero attached hydrogens (tertiary/aromatic N) is 1. The summed E-state index contributed by atoms with van der Waals surface area (Å²) in [5.41, 5.74) is 1.44. The predicted octanol–water partition coefficient (Wildman–Crippen LogP) is 2.39. The summed E-state index contributed by atoms with van der Waals surface area (Å²) in [4.78, 5) is 25.2. The Morgan fingerprint density at radius 3 is 2.72 bits per heavy atom. The molecular weight excluding hydrogens is 296 g/mol. The Hall–Kier alpha value is -1.36. The van der Waals surface area contributed by atoms with Gasteiger partial charge in [0, 0.05) is 0 Å².